The van der Waals surface area contributed by atoms with Gasteiger partial charge in [0, 0.05) is 5.02 Å². The van der Waals surface area contributed by atoms with E-state index >= 15 is 0 Å². The molecule has 0 radical (unpaired) electrons. The van der Waals surface area contributed by atoms with Crippen molar-refractivity contribution in [3.8, 4) is 0 Å². The molecule has 0 fully saturated rings. The van der Waals surface area contributed by atoms with Gasteiger partial charge in [-0.1, -0.05) is 23.2 Å². The minimum atomic E-state index is -0.819. The topological polar surface area (TPSA) is 32.3 Å². The quantitative estimate of drug-likeness (QED) is 0.866. The molecule has 1 unspecified atom stereocenters. The zero-order valence-corrected chi connectivity index (χ0v) is 11.4. The first-order valence-electron chi connectivity index (χ1n) is 5.16. The van der Waals surface area contributed by atoms with E-state index in [1.807, 2.05) is 19.9 Å². The number of aliphatic hydroxyl groups is 1. The van der Waals surface area contributed by atoms with E-state index < -0.39 is 5.60 Å². The lowest BCUT2D eigenvalue weighted by Crippen LogP contribution is -2.39. The van der Waals surface area contributed by atoms with E-state index in [0.29, 0.717) is 10.0 Å². The molecule has 0 amide bonds. The van der Waals surface area contributed by atoms with Crippen molar-refractivity contribution in [1.82, 2.24) is 0 Å². The first-order chi connectivity index (χ1) is 7.21. The van der Waals surface area contributed by atoms with Crippen LogP contribution in [0.1, 0.15) is 26.3 Å². The van der Waals surface area contributed by atoms with Gasteiger partial charge in [0.25, 0.3) is 0 Å². The molecule has 0 aromatic heterocycles. The van der Waals surface area contributed by atoms with E-state index in [2.05, 4.69) is 5.32 Å². The van der Waals surface area contributed by atoms with E-state index in [9.17, 15) is 5.11 Å². The number of benzene rings is 1. The van der Waals surface area contributed by atoms with Crippen molar-refractivity contribution in [2.24, 2.45) is 0 Å². The summed E-state index contributed by atoms with van der Waals surface area (Å²) in [5.41, 5.74) is 0.862. The molecule has 0 aliphatic rings. The molecule has 2 nitrogen and oxygen atoms in total. The molecule has 1 atom stereocenters. The third kappa shape index (κ3) is 3.27. The van der Waals surface area contributed by atoms with Crippen LogP contribution in [0.3, 0.4) is 0 Å². The smallest absolute Gasteiger partial charge is 0.0789 e. The molecular formula is C12H17Cl2NO. The van der Waals surface area contributed by atoms with Gasteiger partial charge < -0.3 is 10.4 Å². The molecule has 1 aromatic carbocycles. The van der Waals surface area contributed by atoms with Crippen molar-refractivity contribution in [1.29, 1.82) is 0 Å². The molecule has 0 spiro atoms. The molecule has 0 aliphatic heterocycles. The summed E-state index contributed by atoms with van der Waals surface area (Å²) in [4.78, 5) is 0. The van der Waals surface area contributed by atoms with E-state index in [-0.39, 0.29) is 6.04 Å². The summed E-state index contributed by atoms with van der Waals surface area (Å²) in [5.74, 6) is 0. The fourth-order valence-electron chi connectivity index (χ4n) is 1.17. The lowest BCUT2D eigenvalue weighted by molar-refractivity contribution is 0.0649. The summed E-state index contributed by atoms with van der Waals surface area (Å²) >= 11 is 12.1. The second-order valence-electron chi connectivity index (χ2n) is 4.60. The SMILES string of the molecule is Cc1cc(Cl)c(NC(C)C(C)(C)O)cc1Cl. The zero-order valence-electron chi connectivity index (χ0n) is 9.94. The van der Waals surface area contributed by atoms with Crippen LogP contribution in [0.5, 0.6) is 0 Å². The predicted octanol–water partition coefficient (Wildman–Crippen LogP) is 3.87. The zero-order chi connectivity index (χ0) is 12.5. The molecule has 0 saturated heterocycles. The van der Waals surface area contributed by atoms with Crippen LogP contribution in [0.2, 0.25) is 10.0 Å². The van der Waals surface area contributed by atoms with E-state index in [4.69, 9.17) is 23.2 Å². The van der Waals surface area contributed by atoms with Gasteiger partial charge in [-0.15, -0.1) is 0 Å². The van der Waals surface area contributed by atoms with Gasteiger partial charge >= 0.3 is 0 Å². The van der Waals surface area contributed by atoms with Crippen LogP contribution >= 0.6 is 23.2 Å². The average molecular weight is 262 g/mol. The number of nitrogens with one attached hydrogen (secondary N) is 1. The number of anilines is 1. The Kier molecular flexibility index (Phi) is 4.11. The lowest BCUT2D eigenvalue weighted by Gasteiger charge is -2.28. The van der Waals surface area contributed by atoms with Crippen molar-refractivity contribution in [3.05, 3.63) is 27.7 Å². The summed E-state index contributed by atoms with van der Waals surface area (Å²) in [6.45, 7) is 7.28. The highest BCUT2D eigenvalue weighted by molar-refractivity contribution is 6.35. The summed E-state index contributed by atoms with van der Waals surface area (Å²) in [5, 5.41) is 14.2. The molecule has 16 heavy (non-hydrogen) atoms. The third-order valence-electron chi connectivity index (χ3n) is 2.68. The Morgan fingerprint density at radius 3 is 2.31 bits per heavy atom. The molecule has 4 heteroatoms. The van der Waals surface area contributed by atoms with Crippen LogP contribution < -0.4 is 5.32 Å². The molecular weight excluding hydrogens is 245 g/mol. The Balaban J connectivity index is 2.94. The Bertz CT molecular complexity index is 385. The van der Waals surface area contributed by atoms with Crippen molar-refractivity contribution in [2.75, 3.05) is 5.32 Å². The van der Waals surface area contributed by atoms with Gasteiger partial charge in [0.15, 0.2) is 0 Å². The van der Waals surface area contributed by atoms with Gasteiger partial charge in [0.05, 0.1) is 22.4 Å². The third-order valence-corrected chi connectivity index (χ3v) is 3.40. The van der Waals surface area contributed by atoms with Crippen LogP contribution in [-0.2, 0) is 0 Å². The van der Waals surface area contributed by atoms with Crippen molar-refractivity contribution >= 4 is 28.9 Å². The van der Waals surface area contributed by atoms with Gasteiger partial charge in [-0.25, -0.2) is 0 Å². The lowest BCUT2D eigenvalue weighted by atomic mass is 10.0. The largest absolute Gasteiger partial charge is 0.388 e. The van der Waals surface area contributed by atoms with Crippen LogP contribution in [0, 0.1) is 6.92 Å². The van der Waals surface area contributed by atoms with Crippen molar-refractivity contribution in [2.45, 2.75) is 39.3 Å². The molecule has 1 aromatic rings. The maximum atomic E-state index is 9.82. The summed E-state index contributed by atoms with van der Waals surface area (Å²) < 4.78 is 0. The molecule has 0 bridgehead atoms. The number of halogens is 2. The van der Waals surface area contributed by atoms with Gasteiger partial charge in [-0.05, 0) is 45.4 Å². The first-order valence-corrected chi connectivity index (χ1v) is 5.92. The molecule has 0 aliphatic carbocycles. The van der Waals surface area contributed by atoms with Gasteiger partial charge in [-0.3, -0.25) is 0 Å². The number of aryl methyl sites for hydroxylation is 1. The Morgan fingerprint density at radius 2 is 1.81 bits per heavy atom. The highest BCUT2D eigenvalue weighted by Gasteiger charge is 2.22. The number of rotatable bonds is 3. The fourth-order valence-corrected chi connectivity index (χ4v) is 1.60. The highest BCUT2D eigenvalue weighted by atomic mass is 35.5. The monoisotopic (exact) mass is 261 g/mol. The highest BCUT2D eigenvalue weighted by Crippen LogP contribution is 2.30. The molecule has 0 heterocycles. The van der Waals surface area contributed by atoms with E-state index in [1.165, 1.54) is 0 Å². The van der Waals surface area contributed by atoms with Crippen molar-refractivity contribution < 1.29 is 5.11 Å². The summed E-state index contributed by atoms with van der Waals surface area (Å²) in [6, 6.07) is 3.47. The van der Waals surface area contributed by atoms with E-state index in [0.717, 1.165) is 11.3 Å². The minimum absolute atomic E-state index is 0.122. The summed E-state index contributed by atoms with van der Waals surface area (Å²) in [6.07, 6.45) is 0. The second-order valence-corrected chi connectivity index (χ2v) is 5.42. The van der Waals surface area contributed by atoms with Crippen LogP contribution in [0.15, 0.2) is 12.1 Å². The molecule has 90 valence electrons. The fraction of sp³-hybridized carbons (Fsp3) is 0.500. The predicted molar refractivity (Wildman–Crippen MR) is 70.6 cm³/mol. The summed E-state index contributed by atoms with van der Waals surface area (Å²) in [7, 11) is 0. The van der Waals surface area contributed by atoms with Crippen LogP contribution in [0.25, 0.3) is 0 Å². The average Bonchev–Trinajstić information content (AvgIpc) is 2.12. The van der Waals surface area contributed by atoms with Gasteiger partial charge in [0.1, 0.15) is 0 Å². The van der Waals surface area contributed by atoms with Gasteiger partial charge in [-0.2, -0.15) is 0 Å². The first kappa shape index (κ1) is 13.6. The second kappa shape index (κ2) is 4.82. The molecule has 2 N–H and O–H groups in total. The van der Waals surface area contributed by atoms with Crippen LogP contribution in [-0.4, -0.2) is 16.7 Å². The number of hydrogen-bond donors (Lipinski definition) is 2. The maximum absolute atomic E-state index is 9.82. The number of hydrogen-bond acceptors (Lipinski definition) is 2. The molecule has 0 saturated carbocycles. The van der Waals surface area contributed by atoms with Crippen LogP contribution in [0.4, 0.5) is 5.69 Å². The normalized spacial score (nSPS) is 13.7. The Hall–Kier alpha value is -0.440. The Labute approximate surface area is 107 Å². The van der Waals surface area contributed by atoms with Gasteiger partial charge in [0.2, 0.25) is 0 Å². The standard InChI is InChI=1S/C12H17Cl2NO/c1-7-5-10(14)11(6-9(7)13)15-8(2)12(3,4)16/h5-6,8,15-16H,1-4H3. The van der Waals surface area contributed by atoms with E-state index in [1.54, 1.807) is 19.9 Å². The minimum Gasteiger partial charge on any atom is -0.388 e. The maximum Gasteiger partial charge on any atom is 0.0789 e. The van der Waals surface area contributed by atoms with Crippen molar-refractivity contribution in [3.63, 3.8) is 0 Å². The Morgan fingerprint density at radius 1 is 1.25 bits per heavy atom. The molecule has 1 rings (SSSR count).